The molecule has 2 saturated carbocycles. The second-order valence-electron chi connectivity index (χ2n) is 12.2. The van der Waals surface area contributed by atoms with Gasteiger partial charge in [-0.25, -0.2) is 9.59 Å². The van der Waals surface area contributed by atoms with Crippen LogP contribution in [-0.2, 0) is 33.3 Å². The summed E-state index contributed by atoms with van der Waals surface area (Å²) in [5.74, 6) is -1.56. The summed E-state index contributed by atoms with van der Waals surface area (Å²) in [6.07, 6.45) is 5.69. The topological polar surface area (TPSA) is 129 Å². The van der Waals surface area contributed by atoms with Gasteiger partial charge in [-0.1, -0.05) is 24.6 Å². The predicted octanol–water partition coefficient (Wildman–Crippen LogP) is 2.09. The zero-order valence-electron chi connectivity index (χ0n) is 22.1. The molecular formula is C29H36O9. The molecule has 4 aliphatic heterocycles. The van der Waals surface area contributed by atoms with E-state index in [0.717, 1.165) is 5.57 Å². The Morgan fingerprint density at radius 1 is 1.18 bits per heavy atom. The van der Waals surface area contributed by atoms with E-state index < -0.39 is 52.3 Å². The lowest BCUT2D eigenvalue weighted by Crippen LogP contribution is -2.77. The summed E-state index contributed by atoms with van der Waals surface area (Å²) in [6, 6.07) is 0. The Balaban J connectivity index is 1.42. The molecule has 7 aliphatic rings. The van der Waals surface area contributed by atoms with Gasteiger partial charge in [0.15, 0.2) is 11.4 Å². The molecule has 5 fully saturated rings. The van der Waals surface area contributed by atoms with E-state index in [4.69, 9.17) is 18.9 Å². The first-order valence-corrected chi connectivity index (χ1v) is 13.6. The van der Waals surface area contributed by atoms with Crippen molar-refractivity contribution in [2.45, 2.75) is 94.9 Å². The molecule has 0 amide bonds. The Morgan fingerprint density at radius 3 is 2.74 bits per heavy atom. The molecule has 3 aliphatic carbocycles. The molecule has 0 aromatic carbocycles. The van der Waals surface area contributed by atoms with Gasteiger partial charge < -0.3 is 29.2 Å². The third-order valence-electron chi connectivity index (χ3n) is 10.8. The van der Waals surface area contributed by atoms with E-state index in [9.17, 15) is 24.6 Å². The highest BCUT2D eigenvalue weighted by Gasteiger charge is 2.82. The van der Waals surface area contributed by atoms with E-state index in [1.54, 1.807) is 6.08 Å². The van der Waals surface area contributed by atoms with Gasteiger partial charge in [-0.2, -0.15) is 0 Å². The number of carbonyl (C=O) groups excluding carboxylic acids is 3. The zero-order chi connectivity index (χ0) is 27.1. The second kappa shape index (κ2) is 8.58. The highest BCUT2D eigenvalue weighted by molar-refractivity contribution is 5.88. The number of rotatable bonds is 1. The fourth-order valence-corrected chi connectivity index (χ4v) is 8.45. The van der Waals surface area contributed by atoms with Gasteiger partial charge >= 0.3 is 11.9 Å². The largest absolute Gasteiger partial charge is 0.462 e. The minimum atomic E-state index is -1.51. The van der Waals surface area contributed by atoms with Crippen LogP contribution in [0.5, 0.6) is 0 Å². The van der Waals surface area contributed by atoms with Gasteiger partial charge in [0.25, 0.3) is 0 Å². The molecule has 0 radical (unpaired) electrons. The molecule has 1 spiro atoms. The maximum absolute atomic E-state index is 13.2. The number of fused-ring (bicyclic) bond motifs is 2. The van der Waals surface area contributed by atoms with Crippen LogP contribution in [0.3, 0.4) is 0 Å². The monoisotopic (exact) mass is 528 g/mol. The number of allylic oxidation sites excluding steroid dienone is 2. The van der Waals surface area contributed by atoms with Crippen molar-refractivity contribution in [2.24, 2.45) is 16.7 Å². The predicted molar refractivity (Wildman–Crippen MR) is 133 cm³/mol. The molecule has 9 nitrogen and oxygen atoms in total. The molecule has 38 heavy (non-hydrogen) atoms. The van der Waals surface area contributed by atoms with Gasteiger partial charge in [-0.05, 0) is 51.5 Å². The van der Waals surface area contributed by atoms with Crippen LogP contribution < -0.4 is 0 Å². The summed E-state index contributed by atoms with van der Waals surface area (Å²) >= 11 is 0. The number of esters is 2. The van der Waals surface area contributed by atoms with Crippen LogP contribution >= 0.6 is 0 Å². The smallest absolute Gasteiger partial charge is 0.330 e. The average molecular weight is 529 g/mol. The van der Waals surface area contributed by atoms with E-state index >= 15 is 0 Å². The van der Waals surface area contributed by atoms with Gasteiger partial charge in [0.05, 0.1) is 18.8 Å². The lowest BCUT2D eigenvalue weighted by atomic mass is 9.42. The number of aliphatic hydroxyl groups is 2. The van der Waals surface area contributed by atoms with Crippen molar-refractivity contribution in [3.63, 3.8) is 0 Å². The van der Waals surface area contributed by atoms with Crippen LogP contribution in [-0.4, -0.2) is 76.8 Å². The molecule has 9 atom stereocenters. The fourth-order valence-electron chi connectivity index (χ4n) is 8.45. The number of ether oxygens (including phenoxy) is 4. The van der Waals surface area contributed by atoms with Crippen molar-refractivity contribution in [1.82, 2.24) is 0 Å². The molecule has 0 aromatic rings. The molecule has 206 valence electrons. The quantitative estimate of drug-likeness (QED) is 0.388. The molecular weight excluding hydrogens is 492 g/mol. The number of hydrogen-bond donors (Lipinski definition) is 2. The van der Waals surface area contributed by atoms with Crippen molar-refractivity contribution in [1.29, 1.82) is 0 Å². The normalized spacial score (nSPS) is 48.1. The van der Waals surface area contributed by atoms with Crippen molar-refractivity contribution < 1.29 is 43.5 Å². The van der Waals surface area contributed by atoms with Crippen molar-refractivity contribution in [2.75, 3.05) is 13.2 Å². The molecule has 7 rings (SSSR count). The Kier molecular flexibility index (Phi) is 5.85. The Bertz CT molecular complexity index is 1170. The summed E-state index contributed by atoms with van der Waals surface area (Å²) in [5, 5.41) is 23.3. The van der Waals surface area contributed by atoms with E-state index in [1.165, 1.54) is 19.1 Å². The highest BCUT2D eigenvalue weighted by Crippen LogP contribution is 2.73. The fraction of sp³-hybridized carbons (Fsp3) is 0.690. The number of carbonyl (C=O) groups is 3. The molecule has 0 aromatic heterocycles. The number of ketones is 1. The maximum Gasteiger partial charge on any atom is 0.330 e. The first-order chi connectivity index (χ1) is 18.0. The van der Waals surface area contributed by atoms with Gasteiger partial charge in [0, 0.05) is 35.3 Å². The minimum absolute atomic E-state index is 0.0245. The molecule has 4 heterocycles. The lowest BCUT2D eigenvalue weighted by molar-refractivity contribution is -0.343. The highest BCUT2D eigenvalue weighted by atomic mass is 16.6. The Labute approximate surface area is 221 Å². The van der Waals surface area contributed by atoms with Crippen LogP contribution in [0.1, 0.15) is 59.3 Å². The van der Waals surface area contributed by atoms with Crippen molar-refractivity contribution in [3.05, 3.63) is 35.5 Å². The van der Waals surface area contributed by atoms with Crippen LogP contribution in [0.25, 0.3) is 0 Å². The van der Waals surface area contributed by atoms with Gasteiger partial charge in [0.2, 0.25) is 0 Å². The van der Waals surface area contributed by atoms with E-state index in [-0.39, 0.29) is 50.3 Å². The summed E-state index contributed by atoms with van der Waals surface area (Å²) in [4.78, 5) is 38.8. The first-order valence-electron chi connectivity index (χ1n) is 13.6. The van der Waals surface area contributed by atoms with Crippen LogP contribution in [0.2, 0.25) is 0 Å². The Morgan fingerprint density at radius 2 is 1.97 bits per heavy atom. The van der Waals surface area contributed by atoms with Crippen molar-refractivity contribution >= 4 is 17.7 Å². The first kappa shape index (κ1) is 25.9. The summed E-state index contributed by atoms with van der Waals surface area (Å²) < 4.78 is 24.2. The van der Waals surface area contributed by atoms with Crippen LogP contribution in [0.15, 0.2) is 35.5 Å². The standard InChI is InChI=1S/C29H36O9/c1-16-7-10-27-15-35-23(32)12-18-8-11-36-28(17(2)30,24(18)33)9-5-4-6-22(31)37-20-13-21-29(34,26(20,27)3)14-19(16)25(27)38-21/h4,6-7,12,19-21,24-25,33-34H,5,8-11,13-15H2,1-3H3/t19-,20+,21+,24+,25+,26+,27+,28+,29-/m0/s1. The summed E-state index contributed by atoms with van der Waals surface area (Å²) in [7, 11) is 0. The molecule has 3 saturated heterocycles. The zero-order valence-corrected chi connectivity index (χ0v) is 22.1. The van der Waals surface area contributed by atoms with Gasteiger partial charge in [0.1, 0.15) is 24.4 Å². The van der Waals surface area contributed by atoms with E-state index in [2.05, 4.69) is 6.08 Å². The van der Waals surface area contributed by atoms with E-state index in [1.807, 2.05) is 13.8 Å². The number of aliphatic hydroxyl groups excluding tert-OH is 1. The molecule has 8 bridgehead atoms. The van der Waals surface area contributed by atoms with E-state index in [0.29, 0.717) is 24.8 Å². The second-order valence-corrected chi connectivity index (χ2v) is 12.2. The number of cyclic esters (lactones) is 1. The lowest BCUT2D eigenvalue weighted by Gasteiger charge is -2.69. The van der Waals surface area contributed by atoms with Crippen LogP contribution in [0.4, 0.5) is 0 Å². The average Bonchev–Trinajstić information content (AvgIpc) is 3.02. The molecule has 0 unspecified atom stereocenters. The molecule has 9 heteroatoms. The Hall–Kier alpha value is -2.33. The minimum Gasteiger partial charge on any atom is -0.462 e. The van der Waals surface area contributed by atoms with Gasteiger partial charge in [-0.3, -0.25) is 4.79 Å². The SMILES string of the molecule is CC(=O)[C@@]12CCC=CC(=O)O[C@@H]3C[C@H]4O[C@@H]5[C@H]6C[C@@]4(O)[C@@]3(C)[C@]5(CC=C6C)COC(=O)C=C(CCO1)[C@H]2O. The maximum atomic E-state index is 13.2. The molecule has 2 N–H and O–H groups in total. The third-order valence-corrected chi connectivity index (χ3v) is 10.8. The summed E-state index contributed by atoms with van der Waals surface area (Å²) in [6.45, 7) is 5.47. The van der Waals surface area contributed by atoms with Crippen LogP contribution in [0, 0.1) is 16.7 Å². The number of Topliss-reactive ketones (excluding diaryl/α,β-unsaturated/α-hetero) is 1. The third kappa shape index (κ3) is 3.22. The summed E-state index contributed by atoms with van der Waals surface area (Å²) in [5.41, 5.74) is -2.95. The van der Waals surface area contributed by atoms with Gasteiger partial charge in [-0.15, -0.1) is 0 Å². The number of hydrogen-bond acceptors (Lipinski definition) is 9. The van der Waals surface area contributed by atoms with Crippen molar-refractivity contribution in [3.8, 4) is 0 Å².